The molecule has 14 aromatic rings. The van der Waals surface area contributed by atoms with Crippen LogP contribution in [0.1, 0.15) is 5.56 Å². The van der Waals surface area contributed by atoms with Gasteiger partial charge in [0.2, 0.25) is 0 Å². The van der Waals surface area contributed by atoms with E-state index < -0.39 is 0 Å². The minimum atomic E-state index is -0.168. The highest BCUT2D eigenvalue weighted by molar-refractivity contribution is 8.00. The Morgan fingerprint density at radius 3 is 1.40 bits per heavy atom. The van der Waals surface area contributed by atoms with E-state index in [4.69, 9.17) is 4.74 Å². The minimum absolute atomic E-state index is 0.109. The molecule has 0 unspecified atom stereocenters. The summed E-state index contributed by atoms with van der Waals surface area (Å²) in [4.78, 5) is 12.4. The molecular weight excluding hydrogens is 1150 g/mol. The average Bonchev–Trinajstić information content (AvgIpc) is 0.691. The standard InChI is InChI=1S/C85H58B2N4OS/c1-57-25-24-38-70(62-30-12-4-13-31-62)85(57)91-76-56-81-74(87-72-40-21-23-42-79(72)92-80-53-69(54-82(93-81)84(80)87)88(63-32-14-5-15-33-63)64-34-16-6-17-35-64)55-73(76)86-71-39-20-22-41-75(71)90(65-36-18-7-19-37-65)77-51-68(52-78(91)83(77)86)89(66-47-43-60(44-48-66)58-26-8-2-9-27-58)67-49-45-61(46-50-67)59-28-10-3-11-29-59/h2-56H,1H3. The number of benzene rings is 14. The van der Waals surface area contributed by atoms with Gasteiger partial charge in [0.15, 0.2) is 0 Å². The second-order valence-corrected chi connectivity index (χ2v) is 25.5. The summed E-state index contributed by atoms with van der Waals surface area (Å²) in [6, 6.07) is 122. The molecule has 0 spiro atoms. The fourth-order valence-corrected chi connectivity index (χ4v) is 16.1. The Hall–Kier alpha value is -11.4. The third-order valence-corrected chi connectivity index (χ3v) is 20.2. The van der Waals surface area contributed by atoms with E-state index in [1.165, 1.54) is 59.3 Å². The Bertz CT molecular complexity index is 5060. The van der Waals surface area contributed by atoms with Gasteiger partial charge in [-0.05, 0) is 165 Å². The van der Waals surface area contributed by atoms with Crippen LogP contribution in [0.3, 0.4) is 0 Å². The quantitative estimate of drug-likeness (QED) is 0.120. The van der Waals surface area contributed by atoms with Crippen LogP contribution in [0.25, 0.3) is 33.4 Å². The first kappa shape index (κ1) is 54.5. The maximum absolute atomic E-state index is 7.16. The molecule has 4 aliphatic rings. The topological polar surface area (TPSA) is 22.2 Å². The number of nitrogens with zero attached hydrogens (tertiary/aromatic N) is 4. The molecule has 14 aromatic carbocycles. The van der Waals surface area contributed by atoms with Gasteiger partial charge in [-0.2, -0.15) is 0 Å². The van der Waals surface area contributed by atoms with E-state index in [0.29, 0.717) is 0 Å². The Kier molecular flexibility index (Phi) is 13.2. The first-order valence-corrected chi connectivity index (χ1v) is 32.8. The summed E-state index contributed by atoms with van der Waals surface area (Å²) in [5.74, 6) is 1.76. The molecule has 4 aliphatic heterocycles. The predicted octanol–water partition coefficient (Wildman–Crippen LogP) is 19.1. The largest absolute Gasteiger partial charge is 0.458 e. The second kappa shape index (κ2) is 22.5. The lowest BCUT2D eigenvalue weighted by Crippen LogP contribution is -2.64. The van der Waals surface area contributed by atoms with Crippen LogP contribution in [-0.4, -0.2) is 13.4 Å². The Morgan fingerprint density at radius 1 is 0.301 bits per heavy atom. The molecule has 0 fully saturated rings. The lowest BCUT2D eigenvalue weighted by molar-refractivity contribution is 0.486. The molecule has 0 saturated heterocycles. The summed E-state index contributed by atoms with van der Waals surface area (Å²) in [5, 5.41) is 0. The first-order chi connectivity index (χ1) is 46.1. The van der Waals surface area contributed by atoms with E-state index in [1.807, 2.05) is 11.8 Å². The van der Waals surface area contributed by atoms with Crippen molar-refractivity contribution in [1.82, 2.24) is 0 Å². The van der Waals surface area contributed by atoms with Crippen LogP contribution in [0.15, 0.2) is 343 Å². The summed E-state index contributed by atoms with van der Waals surface area (Å²) in [6.45, 7) is 2.02. The summed E-state index contributed by atoms with van der Waals surface area (Å²) in [7, 11) is 0. The molecule has 4 heterocycles. The van der Waals surface area contributed by atoms with Crippen molar-refractivity contribution in [3.63, 3.8) is 0 Å². The lowest BCUT2D eigenvalue weighted by Gasteiger charge is -2.46. The van der Waals surface area contributed by atoms with Crippen LogP contribution >= 0.6 is 11.8 Å². The van der Waals surface area contributed by atoms with Crippen molar-refractivity contribution in [2.75, 3.05) is 19.6 Å². The van der Waals surface area contributed by atoms with E-state index in [-0.39, 0.29) is 13.4 Å². The van der Waals surface area contributed by atoms with Gasteiger partial charge in [0, 0.05) is 72.6 Å². The number of hydrogen-bond acceptors (Lipinski definition) is 6. The van der Waals surface area contributed by atoms with Crippen molar-refractivity contribution in [3.05, 3.63) is 339 Å². The molecule has 0 amide bonds. The molecule has 0 atom stereocenters. The van der Waals surface area contributed by atoms with Crippen molar-refractivity contribution >= 4 is 126 Å². The van der Waals surface area contributed by atoms with Gasteiger partial charge in [0.1, 0.15) is 11.5 Å². The highest BCUT2D eigenvalue weighted by Gasteiger charge is 2.47. The molecule has 0 N–H and O–H groups in total. The molecular formula is C85H58B2N4OS. The third-order valence-electron chi connectivity index (χ3n) is 19.0. The Balaban J connectivity index is 0.920. The molecule has 0 bridgehead atoms. The zero-order chi connectivity index (χ0) is 61.5. The van der Waals surface area contributed by atoms with Gasteiger partial charge in [-0.3, -0.25) is 0 Å². The maximum atomic E-state index is 7.16. The molecule has 436 valence electrons. The van der Waals surface area contributed by atoms with Gasteiger partial charge in [0.25, 0.3) is 13.4 Å². The summed E-state index contributed by atoms with van der Waals surface area (Å²) >= 11 is 1.86. The van der Waals surface area contributed by atoms with Crippen LogP contribution in [0.5, 0.6) is 11.5 Å². The van der Waals surface area contributed by atoms with Gasteiger partial charge in [-0.1, -0.05) is 248 Å². The number of anilines is 12. The zero-order valence-corrected chi connectivity index (χ0v) is 51.8. The zero-order valence-electron chi connectivity index (χ0n) is 51.0. The molecule has 0 saturated carbocycles. The van der Waals surface area contributed by atoms with Crippen LogP contribution in [0, 0.1) is 6.92 Å². The minimum Gasteiger partial charge on any atom is -0.458 e. The summed E-state index contributed by atoms with van der Waals surface area (Å²) in [6.07, 6.45) is 0. The smallest absolute Gasteiger partial charge is 0.253 e. The van der Waals surface area contributed by atoms with Crippen LogP contribution in [0.4, 0.5) is 68.2 Å². The summed E-state index contributed by atoms with van der Waals surface area (Å²) in [5.41, 5.74) is 28.7. The van der Waals surface area contributed by atoms with Crippen LogP contribution < -0.4 is 57.1 Å². The first-order valence-electron chi connectivity index (χ1n) is 32.0. The van der Waals surface area contributed by atoms with Gasteiger partial charge < -0.3 is 24.3 Å². The van der Waals surface area contributed by atoms with E-state index in [9.17, 15) is 0 Å². The number of fused-ring (bicyclic) bond motifs is 8. The van der Waals surface area contributed by atoms with Crippen molar-refractivity contribution < 1.29 is 4.74 Å². The van der Waals surface area contributed by atoms with E-state index in [1.54, 1.807) is 0 Å². The number of rotatable bonds is 11. The molecule has 0 aliphatic carbocycles. The molecule has 0 aromatic heterocycles. The molecule has 18 rings (SSSR count). The van der Waals surface area contributed by atoms with Crippen molar-refractivity contribution in [3.8, 4) is 44.9 Å². The number of ether oxygens (including phenoxy) is 1. The predicted molar refractivity (Wildman–Crippen MR) is 393 cm³/mol. The van der Waals surface area contributed by atoms with Crippen molar-refractivity contribution in [2.45, 2.75) is 16.7 Å². The molecule has 93 heavy (non-hydrogen) atoms. The highest BCUT2D eigenvalue weighted by atomic mass is 32.2. The van der Waals surface area contributed by atoms with Crippen molar-refractivity contribution in [1.29, 1.82) is 0 Å². The van der Waals surface area contributed by atoms with Crippen LogP contribution in [-0.2, 0) is 0 Å². The SMILES string of the molecule is Cc1cccc(-c2ccccc2)c1N1c2cc3c(cc2B2c4ccccc4N(c4ccccc4)c4cc(N(c5ccc(-c6ccccc6)cc5)c5ccc(-c6ccccc6)cc5)cc1c42)B1c2ccccc2Oc2cc(N(c4ccccc4)c4ccccc4)cc(c21)S3. The van der Waals surface area contributed by atoms with Gasteiger partial charge in [-0.15, -0.1) is 0 Å². The molecule has 8 heteroatoms. The highest BCUT2D eigenvalue weighted by Crippen LogP contribution is 2.52. The van der Waals surface area contributed by atoms with E-state index in [2.05, 4.69) is 360 Å². The lowest BCUT2D eigenvalue weighted by atomic mass is 9.31. The molecule has 5 nitrogen and oxygen atoms in total. The third kappa shape index (κ3) is 9.19. The summed E-state index contributed by atoms with van der Waals surface area (Å²) < 4.78 is 7.16. The fraction of sp³-hybridized carbons (Fsp3) is 0.0118. The number of para-hydroxylation sites is 6. The number of aryl methyl sites for hydroxylation is 1. The Labute approximate surface area is 547 Å². The maximum Gasteiger partial charge on any atom is 0.253 e. The average molecular weight is 1210 g/mol. The second-order valence-electron chi connectivity index (χ2n) is 24.4. The van der Waals surface area contributed by atoms with E-state index in [0.717, 1.165) is 102 Å². The fourth-order valence-electron chi connectivity index (χ4n) is 14.9. The van der Waals surface area contributed by atoms with Crippen LogP contribution in [0.2, 0.25) is 0 Å². The van der Waals surface area contributed by atoms with Gasteiger partial charge in [0.05, 0.1) is 17.1 Å². The van der Waals surface area contributed by atoms with Crippen molar-refractivity contribution in [2.24, 2.45) is 0 Å². The monoisotopic (exact) mass is 1200 g/mol. The van der Waals surface area contributed by atoms with Gasteiger partial charge in [-0.25, -0.2) is 0 Å². The molecule has 0 radical (unpaired) electrons. The van der Waals surface area contributed by atoms with Gasteiger partial charge >= 0.3 is 0 Å². The Morgan fingerprint density at radius 2 is 0.785 bits per heavy atom. The van der Waals surface area contributed by atoms with E-state index >= 15 is 0 Å². The normalized spacial score (nSPS) is 12.7. The number of hydrogen-bond donors (Lipinski definition) is 0.